The lowest BCUT2D eigenvalue weighted by Gasteiger charge is -2.28. The van der Waals surface area contributed by atoms with Gasteiger partial charge in [0, 0.05) is 19.5 Å². The van der Waals surface area contributed by atoms with E-state index in [1.807, 2.05) is 11.6 Å². The molecular weight excluding hydrogens is 244 g/mol. The van der Waals surface area contributed by atoms with Crippen LogP contribution in [-0.4, -0.2) is 33.9 Å². The topological polar surface area (TPSA) is 83.0 Å². The Bertz CT molecular complexity index is 399. The molecule has 0 aromatic carbocycles. The number of nitrogens with two attached hydrogens (primary N) is 1. The summed E-state index contributed by atoms with van der Waals surface area (Å²) in [7, 11) is 0. The average Bonchev–Trinajstić information content (AvgIpc) is 2.84. The predicted octanol–water partition coefficient (Wildman–Crippen LogP) is 1.15. The molecule has 108 valence electrons. The Morgan fingerprint density at radius 1 is 1.47 bits per heavy atom. The van der Waals surface area contributed by atoms with Gasteiger partial charge in [-0.15, -0.1) is 0 Å². The molecule has 1 heterocycles. The molecule has 1 atom stereocenters. The van der Waals surface area contributed by atoms with Crippen molar-refractivity contribution >= 4 is 5.97 Å². The summed E-state index contributed by atoms with van der Waals surface area (Å²) in [5, 5.41) is 4.18. The molecule has 0 aliphatic carbocycles. The maximum Gasteiger partial charge on any atom is 0.313 e. The third kappa shape index (κ3) is 3.53. The third-order valence-corrected chi connectivity index (χ3v) is 3.40. The maximum absolute atomic E-state index is 12.2. The van der Waals surface area contributed by atoms with Crippen LogP contribution >= 0.6 is 0 Å². The van der Waals surface area contributed by atoms with Gasteiger partial charge in [-0.3, -0.25) is 9.48 Å². The highest BCUT2D eigenvalue weighted by molar-refractivity contribution is 5.77. The number of carbonyl (C=O) groups is 1. The summed E-state index contributed by atoms with van der Waals surface area (Å²) >= 11 is 0. The molecule has 0 radical (unpaired) electrons. The Labute approximate surface area is 114 Å². The minimum Gasteiger partial charge on any atom is -0.466 e. The van der Waals surface area contributed by atoms with Crippen molar-refractivity contribution in [2.75, 3.05) is 13.2 Å². The van der Waals surface area contributed by atoms with E-state index in [1.165, 1.54) is 6.33 Å². The number of aryl methyl sites for hydroxylation is 1. The lowest BCUT2D eigenvalue weighted by atomic mass is 9.81. The van der Waals surface area contributed by atoms with Crippen molar-refractivity contribution in [2.24, 2.45) is 11.1 Å². The molecule has 0 bridgehead atoms. The summed E-state index contributed by atoms with van der Waals surface area (Å²) in [6.45, 7) is 7.23. The second-order valence-corrected chi connectivity index (χ2v) is 4.63. The number of hydrogen-bond donors (Lipinski definition) is 1. The molecule has 0 saturated carbocycles. The molecule has 1 rings (SSSR count). The van der Waals surface area contributed by atoms with Crippen molar-refractivity contribution < 1.29 is 9.53 Å². The van der Waals surface area contributed by atoms with Crippen molar-refractivity contribution in [1.29, 1.82) is 0 Å². The van der Waals surface area contributed by atoms with E-state index in [-0.39, 0.29) is 12.5 Å². The summed E-state index contributed by atoms with van der Waals surface area (Å²) in [5.74, 6) is 0.549. The molecule has 6 nitrogen and oxygen atoms in total. The van der Waals surface area contributed by atoms with E-state index in [0.29, 0.717) is 19.4 Å². The monoisotopic (exact) mass is 268 g/mol. The number of rotatable bonds is 8. The third-order valence-electron chi connectivity index (χ3n) is 3.40. The van der Waals surface area contributed by atoms with Crippen LogP contribution in [0, 0.1) is 5.41 Å². The van der Waals surface area contributed by atoms with Crippen molar-refractivity contribution in [3.8, 4) is 0 Å². The van der Waals surface area contributed by atoms with E-state index >= 15 is 0 Å². The Morgan fingerprint density at radius 2 is 2.21 bits per heavy atom. The highest BCUT2D eigenvalue weighted by Gasteiger charge is 2.38. The van der Waals surface area contributed by atoms with Gasteiger partial charge >= 0.3 is 5.97 Å². The fourth-order valence-corrected chi connectivity index (χ4v) is 2.05. The van der Waals surface area contributed by atoms with E-state index in [2.05, 4.69) is 17.0 Å². The standard InChI is InChI=1S/C13H24N4O2/c1-4-7-17-11(15-10-16-17)8-13(5-2,9-14)12(18)19-6-3/h10H,4-9,14H2,1-3H3. The zero-order valence-electron chi connectivity index (χ0n) is 12.1. The summed E-state index contributed by atoms with van der Waals surface area (Å²) < 4.78 is 6.99. The predicted molar refractivity (Wildman–Crippen MR) is 72.4 cm³/mol. The Balaban J connectivity index is 2.94. The van der Waals surface area contributed by atoms with Crippen molar-refractivity contribution in [1.82, 2.24) is 14.8 Å². The summed E-state index contributed by atoms with van der Waals surface area (Å²) in [4.78, 5) is 16.4. The van der Waals surface area contributed by atoms with Crippen LogP contribution in [0.4, 0.5) is 0 Å². The lowest BCUT2D eigenvalue weighted by molar-refractivity contribution is -0.155. The average molecular weight is 268 g/mol. The van der Waals surface area contributed by atoms with Crippen LogP contribution in [0.25, 0.3) is 0 Å². The minimum absolute atomic E-state index is 0.244. The van der Waals surface area contributed by atoms with E-state index in [1.54, 1.807) is 6.92 Å². The fourth-order valence-electron chi connectivity index (χ4n) is 2.05. The second-order valence-electron chi connectivity index (χ2n) is 4.63. The van der Waals surface area contributed by atoms with E-state index in [4.69, 9.17) is 10.5 Å². The van der Waals surface area contributed by atoms with Gasteiger partial charge in [-0.2, -0.15) is 5.10 Å². The number of nitrogens with zero attached hydrogens (tertiary/aromatic N) is 3. The number of aromatic nitrogens is 3. The van der Waals surface area contributed by atoms with Crippen molar-refractivity contribution in [3.63, 3.8) is 0 Å². The Kier molecular flexibility index (Phi) is 5.95. The van der Waals surface area contributed by atoms with Gasteiger partial charge in [0.15, 0.2) is 0 Å². The Morgan fingerprint density at radius 3 is 2.74 bits per heavy atom. The van der Waals surface area contributed by atoms with Crippen LogP contribution < -0.4 is 5.73 Å². The number of hydrogen-bond acceptors (Lipinski definition) is 5. The first kappa shape index (κ1) is 15.6. The van der Waals surface area contributed by atoms with Gasteiger partial charge in [-0.25, -0.2) is 4.98 Å². The first-order chi connectivity index (χ1) is 9.13. The van der Waals surface area contributed by atoms with Gasteiger partial charge in [-0.1, -0.05) is 13.8 Å². The van der Waals surface area contributed by atoms with Crippen LogP contribution in [-0.2, 0) is 22.5 Å². The first-order valence-corrected chi connectivity index (χ1v) is 6.87. The summed E-state index contributed by atoms with van der Waals surface area (Å²) in [5.41, 5.74) is 5.13. The molecule has 1 unspecified atom stereocenters. The molecule has 1 aromatic rings. The van der Waals surface area contributed by atoms with E-state index < -0.39 is 5.41 Å². The van der Waals surface area contributed by atoms with Gasteiger partial charge in [0.05, 0.1) is 12.0 Å². The summed E-state index contributed by atoms with van der Waals surface area (Å²) in [6, 6.07) is 0. The number of ether oxygens (including phenoxy) is 1. The highest BCUT2D eigenvalue weighted by atomic mass is 16.5. The maximum atomic E-state index is 12.2. The van der Waals surface area contributed by atoms with Crippen LogP contribution in [0.5, 0.6) is 0 Å². The van der Waals surface area contributed by atoms with Gasteiger partial charge in [0.25, 0.3) is 0 Å². The molecule has 0 saturated heterocycles. The molecule has 0 spiro atoms. The minimum atomic E-state index is -0.700. The van der Waals surface area contributed by atoms with E-state index in [0.717, 1.165) is 18.8 Å². The zero-order chi connectivity index (χ0) is 14.3. The quantitative estimate of drug-likeness (QED) is 0.715. The molecule has 0 fully saturated rings. The molecule has 0 aliphatic heterocycles. The largest absolute Gasteiger partial charge is 0.466 e. The van der Waals surface area contributed by atoms with Gasteiger partial charge in [0.1, 0.15) is 12.2 Å². The van der Waals surface area contributed by atoms with Crippen molar-refractivity contribution in [2.45, 2.75) is 46.6 Å². The first-order valence-electron chi connectivity index (χ1n) is 6.87. The van der Waals surface area contributed by atoms with Crippen LogP contribution in [0.1, 0.15) is 39.4 Å². The van der Waals surface area contributed by atoms with Crippen LogP contribution in [0.15, 0.2) is 6.33 Å². The molecule has 2 N–H and O–H groups in total. The summed E-state index contributed by atoms with van der Waals surface area (Å²) in [6.07, 6.45) is 3.59. The lowest BCUT2D eigenvalue weighted by Crippen LogP contribution is -2.42. The molecule has 19 heavy (non-hydrogen) atoms. The van der Waals surface area contributed by atoms with Gasteiger partial charge in [-0.05, 0) is 19.8 Å². The molecule has 6 heteroatoms. The normalized spacial score (nSPS) is 14.1. The van der Waals surface area contributed by atoms with Crippen LogP contribution in [0.2, 0.25) is 0 Å². The molecule has 1 aromatic heterocycles. The molecule has 0 amide bonds. The second kappa shape index (κ2) is 7.23. The number of esters is 1. The van der Waals surface area contributed by atoms with Gasteiger partial charge < -0.3 is 10.5 Å². The van der Waals surface area contributed by atoms with Gasteiger partial charge in [0.2, 0.25) is 0 Å². The number of carbonyl (C=O) groups excluding carboxylic acids is 1. The molecular formula is C13H24N4O2. The fraction of sp³-hybridized carbons (Fsp3) is 0.769. The van der Waals surface area contributed by atoms with Crippen molar-refractivity contribution in [3.05, 3.63) is 12.2 Å². The van der Waals surface area contributed by atoms with Crippen LogP contribution in [0.3, 0.4) is 0 Å². The highest BCUT2D eigenvalue weighted by Crippen LogP contribution is 2.27. The zero-order valence-corrected chi connectivity index (χ0v) is 12.1. The Hall–Kier alpha value is -1.43. The van der Waals surface area contributed by atoms with E-state index in [9.17, 15) is 4.79 Å². The SMILES string of the molecule is CCCn1ncnc1CC(CC)(CN)C(=O)OCC. The smallest absolute Gasteiger partial charge is 0.313 e. The molecule has 0 aliphatic rings.